The molecule has 0 bridgehead atoms. The largest absolute Gasteiger partial charge is 0.382 e. The Balaban J connectivity index is 0.000000385. The van der Waals surface area contributed by atoms with Crippen LogP contribution in [-0.2, 0) is 26.2 Å². The van der Waals surface area contributed by atoms with E-state index in [0.29, 0.717) is 11.0 Å². The number of hydrogen-bond donors (Lipinski definition) is 3. The third-order valence-corrected chi connectivity index (χ3v) is 5.72. The molecule has 188 valence electrons. The first-order chi connectivity index (χ1) is 16.3. The van der Waals surface area contributed by atoms with E-state index in [-0.39, 0.29) is 33.3 Å². The number of primary amides is 2. The molecule has 3 rings (SSSR count). The summed E-state index contributed by atoms with van der Waals surface area (Å²) in [6.45, 7) is 1.51. The van der Waals surface area contributed by atoms with E-state index >= 15 is 0 Å². The zero-order valence-electron chi connectivity index (χ0n) is 18.2. The number of anilines is 1. The van der Waals surface area contributed by atoms with Gasteiger partial charge in [-0.05, 0) is 43.3 Å². The van der Waals surface area contributed by atoms with Crippen LogP contribution in [0.25, 0.3) is 0 Å². The molecule has 0 radical (unpaired) electrons. The summed E-state index contributed by atoms with van der Waals surface area (Å²) in [6, 6.07) is 12.2. The Bertz CT molecular complexity index is 1300. The quantitative estimate of drug-likeness (QED) is 0.359. The zero-order valence-corrected chi connectivity index (χ0v) is 22.1. The zero-order chi connectivity index (χ0) is 26.6. The Kier molecular flexibility index (Phi) is 12.3. The molecule has 6 N–H and O–H groups in total. The Labute approximate surface area is 219 Å². The average Bonchev–Trinajstić information content (AvgIpc) is 2.78. The van der Waals surface area contributed by atoms with Gasteiger partial charge in [0.1, 0.15) is 17.5 Å². The number of rotatable bonds is 5. The molecule has 0 fully saturated rings. The first kappa shape index (κ1) is 30.0. The molecule has 0 saturated carbocycles. The van der Waals surface area contributed by atoms with Crippen molar-refractivity contribution in [3.05, 3.63) is 69.9 Å². The SMILES string of the molecule is Cc1ccc(S(=O)(=O)N=c2ccc(Cl)nn2CC(N)=O)cc1.NC(=O)CBr.Nc1ccc(Cl)nn1. The molecule has 3 aromatic rings. The summed E-state index contributed by atoms with van der Waals surface area (Å²) in [5.41, 5.74) is 15.8. The van der Waals surface area contributed by atoms with Crippen molar-refractivity contribution in [2.45, 2.75) is 18.4 Å². The minimum Gasteiger partial charge on any atom is -0.382 e. The van der Waals surface area contributed by atoms with E-state index in [0.717, 1.165) is 10.2 Å². The lowest BCUT2D eigenvalue weighted by Gasteiger charge is -2.04. The van der Waals surface area contributed by atoms with Gasteiger partial charge in [-0.3, -0.25) is 9.59 Å². The highest BCUT2D eigenvalue weighted by Gasteiger charge is 2.13. The number of amides is 2. The molecule has 35 heavy (non-hydrogen) atoms. The van der Waals surface area contributed by atoms with E-state index in [1.165, 1.54) is 24.3 Å². The number of aryl methyl sites for hydroxylation is 1. The van der Waals surface area contributed by atoms with Crippen LogP contribution in [0.5, 0.6) is 0 Å². The monoisotopic (exact) mass is 606 g/mol. The summed E-state index contributed by atoms with van der Waals surface area (Å²) in [4.78, 5) is 20.6. The number of alkyl halides is 1. The van der Waals surface area contributed by atoms with E-state index in [1.54, 1.807) is 24.3 Å². The van der Waals surface area contributed by atoms with Crippen molar-refractivity contribution in [2.75, 3.05) is 11.1 Å². The van der Waals surface area contributed by atoms with Crippen molar-refractivity contribution >= 4 is 66.8 Å². The van der Waals surface area contributed by atoms with Gasteiger partial charge in [-0.15, -0.1) is 14.6 Å². The number of nitrogen functional groups attached to an aromatic ring is 1. The maximum atomic E-state index is 12.3. The summed E-state index contributed by atoms with van der Waals surface area (Å²) in [5.74, 6) is -0.636. The third kappa shape index (κ3) is 11.8. The van der Waals surface area contributed by atoms with Gasteiger partial charge in [0.05, 0.1) is 10.2 Å². The molecule has 0 atom stereocenters. The van der Waals surface area contributed by atoms with E-state index in [9.17, 15) is 18.0 Å². The van der Waals surface area contributed by atoms with Crippen LogP contribution in [0.1, 0.15) is 5.56 Å². The molecule has 0 saturated heterocycles. The number of nitrogens with zero attached hydrogens (tertiary/aromatic N) is 5. The number of aromatic nitrogens is 4. The molecule has 0 unspecified atom stereocenters. The van der Waals surface area contributed by atoms with Crippen LogP contribution < -0.4 is 22.7 Å². The lowest BCUT2D eigenvalue weighted by molar-refractivity contribution is -0.119. The average molecular weight is 608 g/mol. The lowest BCUT2D eigenvalue weighted by Crippen LogP contribution is -2.31. The van der Waals surface area contributed by atoms with E-state index < -0.39 is 15.9 Å². The summed E-state index contributed by atoms with van der Waals surface area (Å²) in [5, 5.41) is 11.5. The minimum atomic E-state index is -3.93. The Morgan fingerprint density at radius 3 is 2.00 bits per heavy atom. The first-order valence-corrected chi connectivity index (χ1v) is 12.6. The fraction of sp³-hybridized carbons (Fsp3) is 0.158. The summed E-state index contributed by atoms with van der Waals surface area (Å²) >= 11 is 14.0. The van der Waals surface area contributed by atoms with Crippen molar-refractivity contribution in [1.29, 1.82) is 0 Å². The van der Waals surface area contributed by atoms with Crippen LogP contribution >= 0.6 is 39.1 Å². The highest BCUT2D eigenvalue weighted by Crippen LogP contribution is 2.12. The van der Waals surface area contributed by atoms with E-state index in [2.05, 4.69) is 41.4 Å². The molecule has 2 amide bonds. The summed E-state index contributed by atoms with van der Waals surface area (Å²) in [6.07, 6.45) is 0. The van der Waals surface area contributed by atoms with E-state index in [4.69, 9.17) is 34.7 Å². The van der Waals surface area contributed by atoms with Crippen molar-refractivity contribution < 1.29 is 18.0 Å². The Morgan fingerprint density at radius 1 is 0.971 bits per heavy atom. The maximum Gasteiger partial charge on any atom is 0.284 e. The predicted octanol–water partition coefficient (Wildman–Crippen LogP) is 1.20. The van der Waals surface area contributed by atoms with Gasteiger partial charge in [-0.25, -0.2) is 4.68 Å². The van der Waals surface area contributed by atoms with Crippen LogP contribution in [0.4, 0.5) is 5.82 Å². The van der Waals surface area contributed by atoms with Gasteiger partial charge in [0.15, 0.2) is 10.6 Å². The number of nitrogens with two attached hydrogens (primary N) is 3. The lowest BCUT2D eigenvalue weighted by atomic mass is 10.2. The number of hydrogen-bond acceptors (Lipinski definition) is 8. The van der Waals surface area contributed by atoms with Crippen molar-refractivity contribution in [3.63, 3.8) is 0 Å². The van der Waals surface area contributed by atoms with Gasteiger partial charge < -0.3 is 17.2 Å². The molecule has 1 aromatic carbocycles. The highest BCUT2D eigenvalue weighted by molar-refractivity contribution is 9.09. The van der Waals surface area contributed by atoms with Crippen molar-refractivity contribution in [1.82, 2.24) is 20.0 Å². The molecule has 0 aliphatic rings. The number of carbonyl (C=O) groups excluding carboxylic acids is 2. The molecular weight excluding hydrogens is 587 g/mol. The second-order valence-electron chi connectivity index (χ2n) is 6.40. The van der Waals surface area contributed by atoms with E-state index in [1.807, 2.05) is 6.92 Å². The predicted molar refractivity (Wildman–Crippen MR) is 135 cm³/mol. The molecule has 12 nitrogen and oxygen atoms in total. The summed E-state index contributed by atoms with van der Waals surface area (Å²) < 4.78 is 29.3. The third-order valence-electron chi connectivity index (χ3n) is 3.47. The molecule has 2 aromatic heterocycles. The Hall–Kier alpha value is -3.07. The molecular formula is C19H21BrCl2N8O4S. The smallest absolute Gasteiger partial charge is 0.284 e. The molecule has 0 aliphatic carbocycles. The van der Waals surface area contributed by atoms with Gasteiger partial charge in [0.2, 0.25) is 11.8 Å². The fourth-order valence-electron chi connectivity index (χ4n) is 1.98. The number of benzene rings is 1. The van der Waals surface area contributed by atoms with Crippen LogP contribution in [0.3, 0.4) is 0 Å². The number of sulfonamides is 1. The van der Waals surface area contributed by atoms with Crippen LogP contribution in [0.15, 0.2) is 57.8 Å². The molecule has 16 heteroatoms. The maximum absolute atomic E-state index is 12.3. The van der Waals surface area contributed by atoms with Gasteiger partial charge >= 0.3 is 0 Å². The van der Waals surface area contributed by atoms with Gasteiger partial charge in [-0.2, -0.15) is 13.5 Å². The van der Waals surface area contributed by atoms with Crippen LogP contribution in [0, 0.1) is 6.92 Å². The second kappa shape index (κ2) is 14.4. The van der Waals surface area contributed by atoms with Crippen molar-refractivity contribution in [2.24, 2.45) is 15.9 Å². The van der Waals surface area contributed by atoms with Gasteiger partial charge in [0.25, 0.3) is 10.0 Å². The van der Waals surface area contributed by atoms with Crippen LogP contribution in [0.2, 0.25) is 10.3 Å². The number of carbonyl (C=O) groups is 2. The molecule has 0 spiro atoms. The summed E-state index contributed by atoms with van der Waals surface area (Å²) in [7, 11) is -3.93. The normalized spacial score (nSPS) is 10.9. The molecule has 2 heterocycles. The second-order valence-corrected chi connectivity index (χ2v) is 9.34. The highest BCUT2D eigenvalue weighted by atomic mass is 79.9. The standard InChI is InChI=1S/C13H13ClN4O3S.C4H4ClN3.C2H4BrNO/c1-9-2-4-10(5-3-9)22(20,21)17-13-7-6-11(14)16-18(13)8-12(15)19;5-3-1-2-4(6)8-7-3;3-1-2(4)5/h2-7H,8H2,1H3,(H2,15,19);1-2H,(H2,6,8);1H2,(H2,4,5). The van der Waals surface area contributed by atoms with Gasteiger partial charge in [0, 0.05) is 0 Å². The number of halogens is 3. The minimum absolute atomic E-state index is 0.0382. The Morgan fingerprint density at radius 2 is 1.54 bits per heavy atom. The van der Waals surface area contributed by atoms with Crippen molar-refractivity contribution in [3.8, 4) is 0 Å². The first-order valence-electron chi connectivity index (χ1n) is 9.32. The molecule has 0 aliphatic heterocycles. The van der Waals surface area contributed by atoms with Gasteiger partial charge in [-0.1, -0.05) is 56.8 Å². The van der Waals surface area contributed by atoms with Crippen LogP contribution in [-0.4, -0.2) is 45.5 Å². The topological polar surface area (TPSA) is 202 Å². The fourth-order valence-corrected chi connectivity index (χ4v) is 3.22.